The molecule has 0 amide bonds. The Hall–Kier alpha value is -1.47. The Kier molecular flexibility index (Phi) is 2.18. The zero-order valence-corrected chi connectivity index (χ0v) is 7.66. The number of alkyl halides is 1. The second-order valence-electron chi connectivity index (χ2n) is 3.57. The van der Waals surface area contributed by atoms with Crippen molar-refractivity contribution in [2.45, 2.75) is 25.1 Å². The molecule has 1 aliphatic carbocycles. The van der Waals surface area contributed by atoms with E-state index in [1.165, 1.54) is 0 Å². The van der Waals surface area contributed by atoms with Gasteiger partial charge in [-0.2, -0.15) is 4.99 Å². The molecule has 3 heteroatoms. The highest BCUT2D eigenvalue weighted by atomic mass is 19.1. The summed E-state index contributed by atoms with van der Waals surface area (Å²) in [6.45, 7) is -0.454. The van der Waals surface area contributed by atoms with E-state index in [0.29, 0.717) is 5.56 Å². The average molecular weight is 191 g/mol. The third-order valence-electron chi connectivity index (χ3n) is 2.63. The minimum absolute atomic E-state index is 0.337. The number of benzene rings is 1. The average Bonchev–Trinajstić information content (AvgIpc) is 3.00. The molecule has 1 saturated carbocycles. The standard InChI is InChI=1S/C11H10FNO/c12-7-9-1-3-10(4-2-9)11(5-6-11)13-8-14/h1-4H,5-7H2. The quantitative estimate of drug-likeness (QED) is 0.533. The molecule has 0 radical (unpaired) electrons. The predicted octanol–water partition coefficient (Wildman–Crippen LogP) is 2.48. The van der Waals surface area contributed by atoms with Gasteiger partial charge in [0.15, 0.2) is 0 Å². The van der Waals surface area contributed by atoms with Gasteiger partial charge in [0.1, 0.15) is 6.67 Å². The molecule has 0 spiro atoms. The maximum Gasteiger partial charge on any atom is 0.235 e. The summed E-state index contributed by atoms with van der Waals surface area (Å²) < 4.78 is 12.2. The lowest BCUT2D eigenvalue weighted by molar-refractivity contribution is 0.485. The van der Waals surface area contributed by atoms with Crippen molar-refractivity contribution < 1.29 is 9.18 Å². The van der Waals surface area contributed by atoms with E-state index in [9.17, 15) is 9.18 Å². The zero-order chi connectivity index (χ0) is 10.0. The molecule has 0 unspecified atom stereocenters. The molecule has 1 fully saturated rings. The molecular formula is C11H10FNO. The van der Waals surface area contributed by atoms with Crippen LogP contribution in [-0.4, -0.2) is 6.08 Å². The van der Waals surface area contributed by atoms with Gasteiger partial charge in [0.25, 0.3) is 0 Å². The summed E-state index contributed by atoms with van der Waals surface area (Å²) in [5, 5.41) is 0. The summed E-state index contributed by atoms with van der Waals surface area (Å²) in [5.74, 6) is 0. The highest BCUT2D eigenvalue weighted by Crippen LogP contribution is 2.49. The van der Waals surface area contributed by atoms with Crippen molar-refractivity contribution in [3.05, 3.63) is 35.4 Å². The molecule has 0 bridgehead atoms. The maximum atomic E-state index is 12.2. The molecule has 0 atom stereocenters. The molecule has 0 heterocycles. The minimum Gasteiger partial charge on any atom is -0.246 e. The molecule has 0 N–H and O–H groups in total. The fourth-order valence-corrected chi connectivity index (χ4v) is 1.57. The SMILES string of the molecule is O=C=NC1(c2ccc(CF)cc2)CC1. The van der Waals surface area contributed by atoms with Crippen molar-refractivity contribution in [3.63, 3.8) is 0 Å². The Labute approximate surface area is 81.5 Å². The zero-order valence-electron chi connectivity index (χ0n) is 7.66. The van der Waals surface area contributed by atoms with Gasteiger partial charge in [0, 0.05) is 0 Å². The largest absolute Gasteiger partial charge is 0.246 e. The van der Waals surface area contributed by atoms with Gasteiger partial charge < -0.3 is 0 Å². The van der Waals surface area contributed by atoms with Crippen LogP contribution >= 0.6 is 0 Å². The summed E-state index contributed by atoms with van der Waals surface area (Å²) in [5.41, 5.74) is 1.30. The van der Waals surface area contributed by atoms with Crippen LogP contribution in [0.15, 0.2) is 29.3 Å². The van der Waals surface area contributed by atoms with E-state index >= 15 is 0 Å². The van der Waals surface area contributed by atoms with Crippen LogP contribution in [-0.2, 0) is 17.0 Å². The van der Waals surface area contributed by atoms with Crippen molar-refractivity contribution in [1.29, 1.82) is 0 Å². The molecule has 2 rings (SSSR count). The topological polar surface area (TPSA) is 29.4 Å². The van der Waals surface area contributed by atoms with Gasteiger partial charge >= 0.3 is 0 Å². The number of hydrogen-bond acceptors (Lipinski definition) is 2. The van der Waals surface area contributed by atoms with Crippen molar-refractivity contribution >= 4 is 6.08 Å². The summed E-state index contributed by atoms with van der Waals surface area (Å²) in [6.07, 6.45) is 3.37. The van der Waals surface area contributed by atoms with Gasteiger partial charge in [-0.05, 0) is 24.0 Å². The summed E-state index contributed by atoms with van der Waals surface area (Å²) >= 11 is 0. The van der Waals surface area contributed by atoms with E-state index in [4.69, 9.17) is 0 Å². The summed E-state index contributed by atoms with van der Waals surface area (Å²) in [7, 11) is 0. The molecule has 0 aromatic heterocycles. The van der Waals surface area contributed by atoms with Crippen LogP contribution in [0.25, 0.3) is 0 Å². The summed E-state index contributed by atoms with van der Waals surface area (Å²) in [4.78, 5) is 14.0. The van der Waals surface area contributed by atoms with Crippen molar-refractivity contribution in [3.8, 4) is 0 Å². The maximum absolute atomic E-state index is 12.2. The Morgan fingerprint density at radius 3 is 2.43 bits per heavy atom. The number of isocyanates is 1. The summed E-state index contributed by atoms with van der Waals surface area (Å²) in [6, 6.07) is 7.14. The van der Waals surface area contributed by atoms with Crippen molar-refractivity contribution in [2.24, 2.45) is 4.99 Å². The monoisotopic (exact) mass is 191 g/mol. The minimum atomic E-state index is -0.454. The van der Waals surface area contributed by atoms with Crippen molar-refractivity contribution in [1.82, 2.24) is 0 Å². The van der Waals surface area contributed by atoms with Gasteiger partial charge in [-0.25, -0.2) is 9.18 Å². The molecule has 1 aromatic rings. The van der Waals surface area contributed by atoms with E-state index in [1.54, 1.807) is 18.2 Å². The fourth-order valence-electron chi connectivity index (χ4n) is 1.57. The van der Waals surface area contributed by atoms with E-state index in [-0.39, 0.29) is 5.54 Å². The molecule has 1 aliphatic rings. The second-order valence-corrected chi connectivity index (χ2v) is 3.57. The second kappa shape index (κ2) is 3.35. The lowest BCUT2D eigenvalue weighted by Crippen LogP contribution is -2.01. The first kappa shape index (κ1) is 9.10. The first-order valence-electron chi connectivity index (χ1n) is 4.55. The van der Waals surface area contributed by atoms with Crippen LogP contribution in [0, 0.1) is 0 Å². The first-order valence-corrected chi connectivity index (χ1v) is 4.55. The van der Waals surface area contributed by atoms with E-state index in [1.807, 2.05) is 12.1 Å². The van der Waals surface area contributed by atoms with Crippen LogP contribution in [0.2, 0.25) is 0 Å². The number of halogens is 1. The van der Waals surface area contributed by atoms with Crippen molar-refractivity contribution in [2.75, 3.05) is 0 Å². The Bertz CT molecular complexity index is 375. The fraction of sp³-hybridized carbons (Fsp3) is 0.364. The van der Waals surface area contributed by atoms with Crippen LogP contribution in [0.3, 0.4) is 0 Å². The molecule has 1 aromatic carbocycles. The van der Waals surface area contributed by atoms with Gasteiger partial charge in [-0.15, -0.1) is 0 Å². The lowest BCUT2D eigenvalue weighted by atomic mass is 10.0. The molecule has 2 nitrogen and oxygen atoms in total. The predicted molar refractivity (Wildman–Crippen MR) is 50.3 cm³/mol. The number of nitrogens with zero attached hydrogens (tertiary/aromatic N) is 1. The van der Waals surface area contributed by atoms with Gasteiger partial charge in [0.2, 0.25) is 6.08 Å². The highest BCUT2D eigenvalue weighted by molar-refractivity contribution is 5.41. The molecule has 0 aliphatic heterocycles. The number of hydrogen-bond donors (Lipinski definition) is 0. The Morgan fingerprint density at radius 2 is 2.00 bits per heavy atom. The van der Waals surface area contributed by atoms with Crippen LogP contribution in [0.1, 0.15) is 24.0 Å². The normalized spacial score (nSPS) is 17.2. The Morgan fingerprint density at radius 1 is 1.36 bits per heavy atom. The third-order valence-corrected chi connectivity index (χ3v) is 2.63. The van der Waals surface area contributed by atoms with Crippen LogP contribution in [0.4, 0.5) is 4.39 Å². The molecule has 0 saturated heterocycles. The first-order chi connectivity index (χ1) is 6.80. The molecule has 72 valence electrons. The number of carbonyl (C=O) groups excluding carboxylic acids is 1. The smallest absolute Gasteiger partial charge is 0.235 e. The number of aliphatic imine (C=N–C) groups is 1. The van der Waals surface area contributed by atoms with E-state index in [2.05, 4.69) is 4.99 Å². The Balaban J connectivity index is 2.29. The van der Waals surface area contributed by atoms with E-state index < -0.39 is 6.67 Å². The third kappa shape index (κ3) is 1.47. The van der Waals surface area contributed by atoms with Crippen LogP contribution < -0.4 is 0 Å². The number of rotatable bonds is 3. The lowest BCUT2D eigenvalue weighted by Gasteiger charge is -2.07. The molecular weight excluding hydrogens is 181 g/mol. The van der Waals surface area contributed by atoms with Crippen LogP contribution in [0.5, 0.6) is 0 Å². The van der Waals surface area contributed by atoms with Gasteiger partial charge in [-0.1, -0.05) is 24.3 Å². The molecule has 14 heavy (non-hydrogen) atoms. The van der Waals surface area contributed by atoms with E-state index in [0.717, 1.165) is 18.4 Å². The highest BCUT2D eigenvalue weighted by Gasteiger charge is 2.44. The van der Waals surface area contributed by atoms with Gasteiger partial charge in [-0.3, -0.25) is 0 Å². The van der Waals surface area contributed by atoms with Gasteiger partial charge in [0.05, 0.1) is 5.54 Å².